The summed E-state index contributed by atoms with van der Waals surface area (Å²) in [6.07, 6.45) is 4.14. The molecule has 1 aliphatic carbocycles. The van der Waals surface area contributed by atoms with Crippen molar-refractivity contribution in [3.05, 3.63) is 25.6 Å². The SMILES string of the molecule is OCCn1ncc2c1-c1cc(I)sc1CC2. The molecule has 2 heterocycles. The average Bonchev–Trinajstić information content (AvgIpc) is 2.81. The molecule has 0 fully saturated rings. The van der Waals surface area contributed by atoms with Crippen molar-refractivity contribution < 1.29 is 5.11 Å². The van der Waals surface area contributed by atoms with Crippen LogP contribution >= 0.6 is 33.9 Å². The molecule has 1 aliphatic rings. The molecule has 2 aromatic heterocycles. The third kappa shape index (κ3) is 1.61. The minimum atomic E-state index is 0.144. The van der Waals surface area contributed by atoms with E-state index in [4.69, 9.17) is 5.11 Å². The predicted octanol–water partition coefficient (Wildman–Crippen LogP) is 2.31. The molecule has 0 saturated heterocycles. The molecule has 0 spiro atoms. The first kappa shape index (κ1) is 10.7. The van der Waals surface area contributed by atoms with Gasteiger partial charge in [0.1, 0.15) is 0 Å². The molecule has 0 radical (unpaired) electrons. The van der Waals surface area contributed by atoms with Crippen LogP contribution in [0.1, 0.15) is 10.4 Å². The number of aromatic nitrogens is 2. The van der Waals surface area contributed by atoms with Gasteiger partial charge in [-0.15, -0.1) is 11.3 Å². The highest BCUT2D eigenvalue weighted by Gasteiger charge is 2.22. The molecule has 0 atom stereocenters. The first-order valence-electron chi connectivity index (χ1n) is 5.23. The van der Waals surface area contributed by atoms with Gasteiger partial charge in [0.2, 0.25) is 0 Å². The van der Waals surface area contributed by atoms with Crippen LogP contribution in [-0.4, -0.2) is 21.5 Å². The van der Waals surface area contributed by atoms with Crippen molar-refractivity contribution in [3.63, 3.8) is 0 Å². The van der Waals surface area contributed by atoms with E-state index < -0.39 is 0 Å². The highest BCUT2D eigenvalue weighted by atomic mass is 127. The molecule has 0 amide bonds. The van der Waals surface area contributed by atoms with Crippen LogP contribution in [0.3, 0.4) is 0 Å². The lowest BCUT2D eigenvalue weighted by Crippen LogP contribution is -2.08. The predicted molar refractivity (Wildman–Crippen MR) is 72.8 cm³/mol. The normalized spacial score (nSPS) is 13.6. The summed E-state index contributed by atoms with van der Waals surface area (Å²) in [7, 11) is 0. The van der Waals surface area contributed by atoms with E-state index in [0.717, 1.165) is 12.8 Å². The van der Waals surface area contributed by atoms with Crippen LogP contribution in [0, 0.1) is 2.88 Å². The zero-order chi connectivity index (χ0) is 11.1. The Balaban J connectivity index is 2.16. The van der Waals surface area contributed by atoms with E-state index in [1.54, 1.807) is 0 Å². The second kappa shape index (κ2) is 4.12. The van der Waals surface area contributed by atoms with Crippen LogP contribution in [0.25, 0.3) is 11.3 Å². The van der Waals surface area contributed by atoms with Crippen LogP contribution in [0.4, 0.5) is 0 Å². The Morgan fingerprint density at radius 3 is 3.19 bits per heavy atom. The van der Waals surface area contributed by atoms with E-state index in [1.165, 1.54) is 24.6 Å². The van der Waals surface area contributed by atoms with E-state index in [1.807, 2.05) is 22.2 Å². The number of thiophene rings is 1. The summed E-state index contributed by atoms with van der Waals surface area (Å²) in [5.41, 5.74) is 3.85. The van der Waals surface area contributed by atoms with Crippen LogP contribution in [0.2, 0.25) is 0 Å². The summed E-state index contributed by atoms with van der Waals surface area (Å²) in [4.78, 5) is 1.46. The number of rotatable bonds is 2. The molecular weight excluding hydrogens is 335 g/mol. The topological polar surface area (TPSA) is 38.0 Å². The molecule has 1 N–H and O–H groups in total. The maximum Gasteiger partial charge on any atom is 0.0726 e. The number of aliphatic hydroxyl groups is 1. The maximum atomic E-state index is 9.03. The Hall–Kier alpha value is -0.400. The fourth-order valence-electron chi connectivity index (χ4n) is 2.21. The van der Waals surface area contributed by atoms with Gasteiger partial charge in [-0.25, -0.2) is 0 Å². The number of aliphatic hydroxyl groups excluding tert-OH is 1. The number of hydrogen-bond donors (Lipinski definition) is 1. The van der Waals surface area contributed by atoms with Crippen LogP contribution in [-0.2, 0) is 19.4 Å². The fraction of sp³-hybridized carbons (Fsp3) is 0.364. The van der Waals surface area contributed by atoms with Crippen molar-refractivity contribution in [2.45, 2.75) is 19.4 Å². The van der Waals surface area contributed by atoms with Gasteiger partial charge in [-0.1, -0.05) is 0 Å². The van der Waals surface area contributed by atoms with Gasteiger partial charge in [0.25, 0.3) is 0 Å². The minimum Gasteiger partial charge on any atom is -0.394 e. The van der Waals surface area contributed by atoms with Gasteiger partial charge in [-0.3, -0.25) is 4.68 Å². The smallest absolute Gasteiger partial charge is 0.0726 e. The molecular formula is C11H11IN2OS. The average molecular weight is 346 g/mol. The van der Waals surface area contributed by atoms with Gasteiger partial charge in [-0.05, 0) is 47.1 Å². The number of halogens is 1. The van der Waals surface area contributed by atoms with Crippen molar-refractivity contribution in [1.82, 2.24) is 9.78 Å². The molecule has 0 aliphatic heterocycles. The Morgan fingerprint density at radius 2 is 2.38 bits per heavy atom. The number of fused-ring (bicyclic) bond motifs is 3. The summed E-state index contributed by atoms with van der Waals surface area (Å²) < 4.78 is 3.25. The third-order valence-electron chi connectivity index (χ3n) is 2.88. The molecule has 3 nitrogen and oxygen atoms in total. The Kier molecular flexibility index (Phi) is 2.76. The van der Waals surface area contributed by atoms with Crippen molar-refractivity contribution in [2.24, 2.45) is 0 Å². The molecule has 0 aromatic carbocycles. The number of nitrogens with zero attached hydrogens (tertiary/aromatic N) is 2. The van der Waals surface area contributed by atoms with E-state index in [9.17, 15) is 0 Å². The maximum absolute atomic E-state index is 9.03. The van der Waals surface area contributed by atoms with Gasteiger partial charge < -0.3 is 5.11 Å². The largest absolute Gasteiger partial charge is 0.394 e. The molecule has 2 aromatic rings. The fourth-order valence-corrected chi connectivity index (χ4v) is 4.20. The quantitative estimate of drug-likeness (QED) is 0.848. The van der Waals surface area contributed by atoms with Crippen LogP contribution in [0.5, 0.6) is 0 Å². The molecule has 0 saturated carbocycles. The molecule has 5 heteroatoms. The monoisotopic (exact) mass is 346 g/mol. The standard InChI is InChI=1S/C11H11IN2OS/c12-10-5-8-9(16-10)2-1-7-6-13-14(3-4-15)11(7)8/h5-6,15H,1-4H2. The lowest BCUT2D eigenvalue weighted by Gasteiger charge is -2.14. The van der Waals surface area contributed by atoms with Crippen LogP contribution < -0.4 is 0 Å². The van der Waals surface area contributed by atoms with Gasteiger partial charge in [0.15, 0.2) is 0 Å². The Bertz CT molecular complexity index is 532. The van der Waals surface area contributed by atoms with Gasteiger partial charge in [0, 0.05) is 10.4 Å². The number of aryl methyl sites for hydroxylation is 2. The van der Waals surface area contributed by atoms with E-state index in [2.05, 4.69) is 33.8 Å². The zero-order valence-electron chi connectivity index (χ0n) is 8.61. The summed E-state index contributed by atoms with van der Waals surface area (Å²) in [5.74, 6) is 0. The van der Waals surface area contributed by atoms with Crippen molar-refractivity contribution >= 4 is 33.9 Å². The summed E-state index contributed by atoms with van der Waals surface area (Å²) >= 11 is 4.24. The van der Waals surface area contributed by atoms with E-state index in [0.29, 0.717) is 6.54 Å². The lowest BCUT2D eigenvalue weighted by molar-refractivity contribution is 0.270. The first-order chi connectivity index (χ1) is 7.79. The van der Waals surface area contributed by atoms with Crippen molar-refractivity contribution in [1.29, 1.82) is 0 Å². The lowest BCUT2D eigenvalue weighted by atomic mass is 9.97. The second-order valence-electron chi connectivity index (χ2n) is 3.85. The number of hydrogen-bond acceptors (Lipinski definition) is 3. The molecule has 0 unspecified atom stereocenters. The molecule has 16 heavy (non-hydrogen) atoms. The van der Waals surface area contributed by atoms with Gasteiger partial charge in [-0.2, -0.15) is 5.10 Å². The summed E-state index contributed by atoms with van der Waals surface area (Å²) in [6, 6.07) is 2.23. The Labute approximate surface area is 111 Å². The van der Waals surface area contributed by atoms with Gasteiger partial charge >= 0.3 is 0 Å². The summed E-state index contributed by atoms with van der Waals surface area (Å²) in [5, 5.41) is 13.4. The zero-order valence-corrected chi connectivity index (χ0v) is 11.6. The van der Waals surface area contributed by atoms with Crippen molar-refractivity contribution in [2.75, 3.05) is 6.61 Å². The molecule has 84 valence electrons. The van der Waals surface area contributed by atoms with Gasteiger partial charge in [0.05, 0.1) is 27.9 Å². The second-order valence-corrected chi connectivity index (χ2v) is 6.88. The third-order valence-corrected chi connectivity index (χ3v) is 4.84. The van der Waals surface area contributed by atoms with Crippen molar-refractivity contribution in [3.8, 4) is 11.3 Å². The highest BCUT2D eigenvalue weighted by Crippen LogP contribution is 2.38. The highest BCUT2D eigenvalue weighted by molar-refractivity contribution is 14.1. The summed E-state index contributed by atoms with van der Waals surface area (Å²) in [6.45, 7) is 0.728. The minimum absolute atomic E-state index is 0.144. The van der Waals surface area contributed by atoms with Crippen LogP contribution in [0.15, 0.2) is 12.3 Å². The Morgan fingerprint density at radius 1 is 1.50 bits per heavy atom. The van der Waals surface area contributed by atoms with E-state index >= 15 is 0 Å². The van der Waals surface area contributed by atoms with E-state index in [-0.39, 0.29) is 6.61 Å². The molecule has 0 bridgehead atoms. The molecule has 3 rings (SSSR count). The first-order valence-corrected chi connectivity index (χ1v) is 7.13.